The van der Waals surface area contributed by atoms with Crippen molar-refractivity contribution in [3.05, 3.63) is 52.7 Å². The molecule has 3 aromatic rings. The maximum atomic E-state index is 5.49. The third-order valence-corrected chi connectivity index (χ3v) is 4.96. The number of fused-ring (bicyclic) bond motifs is 2. The lowest BCUT2D eigenvalue weighted by atomic mass is 10.1. The lowest BCUT2D eigenvalue weighted by Crippen LogP contribution is -2.12. The minimum absolute atomic E-state index is 0.248. The molecule has 1 aliphatic heterocycles. The van der Waals surface area contributed by atoms with Gasteiger partial charge < -0.3 is 24.5 Å². The second-order valence-electron chi connectivity index (χ2n) is 6.60. The van der Waals surface area contributed by atoms with Crippen molar-refractivity contribution in [2.75, 3.05) is 13.9 Å². The number of methoxy groups -OCH3 is 1. The summed E-state index contributed by atoms with van der Waals surface area (Å²) in [5, 5.41) is 4.81. The van der Waals surface area contributed by atoms with Gasteiger partial charge >= 0.3 is 0 Å². The lowest BCUT2D eigenvalue weighted by Gasteiger charge is -2.09. The fraction of sp³-hybridized carbons (Fsp3) is 0.333. The van der Waals surface area contributed by atoms with Crippen molar-refractivity contribution in [3.8, 4) is 17.2 Å². The number of nitrogens with one attached hydrogen (secondary N) is 2. The van der Waals surface area contributed by atoms with Crippen LogP contribution in [0, 0.1) is 6.92 Å². The Morgan fingerprint density at radius 3 is 2.77 bits per heavy atom. The van der Waals surface area contributed by atoms with E-state index < -0.39 is 0 Å². The summed E-state index contributed by atoms with van der Waals surface area (Å²) in [6.45, 7) is 6.15. The van der Waals surface area contributed by atoms with Crippen LogP contribution in [0.1, 0.15) is 29.3 Å². The maximum absolute atomic E-state index is 5.49. The Labute approximate surface area is 153 Å². The summed E-state index contributed by atoms with van der Waals surface area (Å²) in [5.74, 6) is 2.15. The molecule has 5 heteroatoms. The molecule has 2 heterocycles. The molecule has 5 nitrogen and oxygen atoms in total. The Bertz CT molecular complexity index is 946. The van der Waals surface area contributed by atoms with Crippen LogP contribution >= 0.6 is 0 Å². The monoisotopic (exact) mass is 352 g/mol. The van der Waals surface area contributed by atoms with E-state index in [9.17, 15) is 0 Å². The number of benzene rings is 2. The molecule has 0 unspecified atom stereocenters. The van der Waals surface area contributed by atoms with E-state index in [1.54, 1.807) is 7.11 Å². The third kappa shape index (κ3) is 2.99. The molecular formula is C21H24N2O3. The fourth-order valence-electron chi connectivity index (χ4n) is 3.53. The summed E-state index contributed by atoms with van der Waals surface area (Å²) >= 11 is 0. The zero-order valence-corrected chi connectivity index (χ0v) is 15.4. The normalized spacial score (nSPS) is 12.7. The molecule has 0 bridgehead atoms. The van der Waals surface area contributed by atoms with E-state index in [1.165, 1.54) is 27.7 Å². The van der Waals surface area contributed by atoms with Crippen LogP contribution < -0.4 is 19.5 Å². The minimum Gasteiger partial charge on any atom is -0.493 e. The highest BCUT2D eigenvalue weighted by Crippen LogP contribution is 2.41. The number of aromatic amines is 1. The summed E-state index contributed by atoms with van der Waals surface area (Å²) in [4.78, 5) is 3.50. The van der Waals surface area contributed by atoms with Gasteiger partial charge in [0.15, 0.2) is 11.5 Å². The SMILES string of the molecule is CCc1[nH]c2ccc(CNCc3cc(OC)c4c(c3)OCO4)cc2c1C. The van der Waals surface area contributed by atoms with Crippen LogP contribution in [0.15, 0.2) is 30.3 Å². The second kappa shape index (κ2) is 6.92. The van der Waals surface area contributed by atoms with Gasteiger partial charge in [0.2, 0.25) is 12.5 Å². The first kappa shape index (κ1) is 16.8. The fourth-order valence-corrected chi connectivity index (χ4v) is 3.53. The lowest BCUT2D eigenvalue weighted by molar-refractivity contribution is 0.171. The largest absolute Gasteiger partial charge is 0.493 e. The predicted molar refractivity (Wildman–Crippen MR) is 102 cm³/mol. The molecule has 0 aliphatic carbocycles. The molecule has 1 aromatic heterocycles. The standard InChI is InChI=1S/C21H24N2O3/c1-4-17-13(2)16-7-14(5-6-18(16)23-17)10-22-11-15-8-19(24-3)21-20(9-15)25-12-26-21/h5-9,22-23H,4,10-12H2,1-3H3. The third-order valence-electron chi connectivity index (χ3n) is 4.96. The van der Waals surface area contributed by atoms with Crippen LogP contribution in [0.5, 0.6) is 17.2 Å². The number of hydrogen-bond donors (Lipinski definition) is 2. The number of hydrogen-bond acceptors (Lipinski definition) is 4. The Morgan fingerprint density at radius 1 is 1.12 bits per heavy atom. The van der Waals surface area contributed by atoms with E-state index in [2.05, 4.69) is 42.3 Å². The number of ether oxygens (including phenoxy) is 3. The first-order valence-electron chi connectivity index (χ1n) is 8.97. The Kier molecular flexibility index (Phi) is 4.47. The van der Waals surface area contributed by atoms with Gasteiger partial charge in [-0.05, 0) is 54.3 Å². The van der Waals surface area contributed by atoms with Crippen LogP contribution in [-0.4, -0.2) is 18.9 Å². The predicted octanol–water partition coefficient (Wildman–Crippen LogP) is 4.07. The van der Waals surface area contributed by atoms with Crippen LogP contribution in [0.4, 0.5) is 0 Å². The molecule has 0 saturated heterocycles. The first-order valence-corrected chi connectivity index (χ1v) is 8.97. The summed E-state index contributed by atoms with van der Waals surface area (Å²) in [7, 11) is 1.65. The molecule has 0 fully saturated rings. The second-order valence-corrected chi connectivity index (χ2v) is 6.60. The molecule has 0 atom stereocenters. The van der Waals surface area contributed by atoms with Crippen molar-refractivity contribution in [2.45, 2.75) is 33.4 Å². The van der Waals surface area contributed by atoms with E-state index in [-0.39, 0.29) is 6.79 Å². The summed E-state index contributed by atoms with van der Waals surface area (Å²) in [6, 6.07) is 10.6. The Balaban J connectivity index is 1.46. The van der Waals surface area contributed by atoms with Gasteiger partial charge in [0.05, 0.1) is 7.11 Å². The zero-order chi connectivity index (χ0) is 18.1. The van der Waals surface area contributed by atoms with Crippen molar-refractivity contribution in [2.24, 2.45) is 0 Å². The number of aryl methyl sites for hydroxylation is 2. The molecule has 2 aromatic carbocycles. The van der Waals surface area contributed by atoms with E-state index in [0.717, 1.165) is 30.8 Å². The quantitative estimate of drug-likeness (QED) is 0.702. The molecule has 4 rings (SSSR count). The summed E-state index contributed by atoms with van der Waals surface area (Å²) < 4.78 is 16.3. The molecule has 1 aliphatic rings. The highest BCUT2D eigenvalue weighted by atomic mass is 16.7. The minimum atomic E-state index is 0.248. The molecule has 26 heavy (non-hydrogen) atoms. The van der Waals surface area contributed by atoms with Gasteiger partial charge in [0.1, 0.15) is 0 Å². The van der Waals surface area contributed by atoms with Gasteiger partial charge in [0, 0.05) is 29.7 Å². The molecular weight excluding hydrogens is 328 g/mol. The van der Waals surface area contributed by atoms with Crippen molar-refractivity contribution < 1.29 is 14.2 Å². The van der Waals surface area contributed by atoms with Gasteiger partial charge in [-0.2, -0.15) is 0 Å². The molecule has 0 amide bonds. The zero-order valence-electron chi connectivity index (χ0n) is 15.4. The van der Waals surface area contributed by atoms with Crippen molar-refractivity contribution in [1.29, 1.82) is 0 Å². The topological polar surface area (TPSA) is 55.5 Å². The highest BCUT2D eigenvalue weighted by molar-refractivity contribution is 5.85. The molecule has 2 N–H and O–H groups in total. The van der Waals surface area contributed by atoms with Crippen LogP contribution in [0.2, 0.25) is 0 Å². The number of H-pyrrole nitrogens is 1. The van der Waals surface area contributed by atoms with Gasteiger partial charge in [-0.15, -0.1) is 0 Å². The number of aromatic nitrogens is 1. The molecule has 0 spiro atoms. The maximum Gasteiger partial charge on any atom is 0.231 e. The van der Waals surface area contributed by atoms with Crippen molar-refractivity contribution >= 4 is 10.9 Å². The van der Waals surface area contributed by atoms with Crippen molar-refractivity contribution in [1.82, 2.24) is 10.3 Å². The van der Waals surface area contributed by atoms with Crippen LogP contribution in [0.25, 0.3) is 10.9 Å². The Hall–Kier alpha value is -2.66. The smallest absolute Gasteiger partial charge is 0.231 e. The van der Waals surface area contributed by atoms with E-state index in [0.29, 0.717) is 11.5 Å². The van der Waals surface area contributed by atoms with Gasteiger partial charge in [-0.3, -0.25) is 0 Å². The van der Waals surface area contributed by atoms with E-state index >= 15 is 0 Å². The molecule has 0 saturated carbocycles. The van der Waals surface area contributed by atoms with E-state index in [1.807, 2.05) is 12.1 Å². The highest BCUT2D eigenvalue weighted by Gasteiger charge is 2.19. The first-order chi connectivity index (χ1) is 12.7. The molecule has 0 radical (unpaired) electrons. The summed E-state index contributed by atoms with van der Waals surface area (Å²) in [5.41, 5.74) is 6.26. The average molecular weight is 352 g/mol. The van der Waals surface area contributed by atoms with Crippen LogP contribution in [0.3, 0.4) is 0 Å². The van der Waals surface area contributed by atoms with Gasteiger partial charge in [-0.25, -0.2) is 0 Å². The molecule has 136 valence electrons. The number of rotatable bonds is 6. The van der Waals surface area contributed by atoms with Crippen molar-refractivity contribution in [3.63, 3.8) is 0 Å². The van der Waals surface area contributed by atoms with Gasteiger partial charge in [-0.1, -0.05) is 13.0 Å². The van der Waals surface area contributed by atoms with Gasteiger partial charge in [0.25, 0.3) is 0 Å². The summed E-state index contributed by atoms with van der Waals surface area (Å²) in [6.07, 6.45) is 1.03. The van der Waals surface area contributed by atoms with E-state index in [4.69, 9.17) is 14.2 Å². The Morgan fingerprint density at radius 2 is 1.96 bits per heavy atom. The average Bonchev–Trinajstić information content (AvgIpc) is 3.25. The van der Waals surface area contributed by atoms with Crippen LogP contribution in [-0.2, 0) is 19.5 Å².